The molecule has 3 aliphatic rings. The minimum absolute atomic E-state index is 0.0464. The van der Waals surface area contributed by atoms with E-state index in [-0.39, 0.29) is 42.1 Å². The molecule has 7 nitrogen and oxygen atoms in total. The Morgan fingerprint density at radius 3 is 2.61 bits per heavy atom. The van der Waals surface area contributed by atoms with Crippen LogP contribution in [0, 0.1) is 17.8 Å². The van der Waals surface area contributed by atoms with E-state index in [4.69, 9.17) is 4.74 Å². The summed E-state index contributed by atoms with van der Waals surface area (Å²) in [6.45, 7) is 15.9. The van der Waals surface area contributed by atoms with Crippen molar-refractivity contribution in [3.05, 3.63) is 25.3 Å². The molecule has 3 rings (SSSR count). The van der Waals surface area contributed by atoms with Crippen LogP contribution in [0.4, 0.5) is 0 Å². The highest BCUT2D eigenvalue weighted by molar-refractivity contribution is 8.02. The molecule has 3 saturated heterocycles. The SMILES string of the molecule is C=CCCCOC(=O)[C@@H]1[C@H]2C(=O)N(CCO)C(C(=O)N(CC=C)C(C)(C)C)C23S[C@@H]1CC3C. The summed E-state index contributed by atoms with van der Waals surface area (Å²) >= 11 is 1.62. The third-order valence-electron chi connectivity index (χ3n) is 7.28. The summed E-state index contributed by atoms with van der Waals surface area (Å²) in [5.41, 5.74) is -0.470. The van der Waals surface area contributed by atoms with E-state index in [9.17, 15) is 19.5 Å². The summed E-state index contributed by atoms with van der Waals surface area (Å²) in [5, 5.41) is 9.70. The summed E-state index contributed by atoms with van der Waals surface area (Å²) < 4.78 is 4.87. The van der Waals surface area contributed by atoms with E-state index in [0.29, 0.717) is 19.6 Å². The highest BCUT2D eigenvalue weighted by Gasteiger charge is 2.76. The molecule has 184 valence electrons. The fourth-order valence-electron chi connectivity index (χ4n) is 5.88. The number of carbonyl (C=O) groups is 3. The lowest BCUT2D eigenvalue weighted by atomic mass is 9.66. The number of thioether (sulfide) groups is 1. The molecule has 3 unspecified atom stereocenters. The molecule has 3 aliphatic heterocycles. The molecule has 33 heavy (non-hydrogen) atoms. The number of carbonyl (C=O) groups excluding carboxylic acids is 3. The third-order valence-corrected chi connectivity index (χ3v) is 9.35. The first-order chi connectivity index (χ1) is 15.6. The fourth-order valence-corrected chi connectivity index (χ4v) is 8.29. The van der Waals surface area contributed by atoms with E-state index >= 15 is 0 Å². The van der Waals surface area contributed by atoms with Gasteiger partial charge in [-0.1, -0.05) is 19.1 Å². The monoisotopic (exact) mass is 478 g/mol. The highest BCUT2D eigenvalue weighted by atomic mass is 32.2. The second kappa shape index (κ2) is 9.82. The smallest absolute Gasteiger partial charge is 0.310 e. The lowest BCUT2D eigenvalue weighted by Crippen LogP contribution is -2.60. The van der Waals surface area contributed by atoms with Crippen molar-refractivity contribution in [3.8, 4) is 0 Å². The standard InChI is InChI=1S/C25H38N2O5S/c1-7-9-10-14-32-23(31)18-17-15-16(3)25(33-17)19(18)21(29)26(12-13-28)20(25)22(30)27(11-8-2)24(4,5)6/h7-8,16-20,28H,1-2,9-15H2,3-6H3/t16?,17-,18+,19+,20?,25?/m1/s1. The van der Waals surface area contributed by atoms with Gasteiger partial charge in [-0.15, -0.1) is 24.9 Å². The van der Waals surface area contributed by atoms with Crippen LogP contribution in [0.5, 0.6) is 0 Å². The number of likely N-dealkylation sites (tertiary alicyclic amines) is 1. The maximum atomic E-state index is 14.1. The van der Waals surface area contributed by atoms with Crippen molar-refractivity contribution in [1.82, 2.24) is 9.80 Å². The number of β-amino-alcohol motifs (C(OH)–C–C–N with tert-alkyl or cyclic N) is 1. The van der Waals surface area contributed by atoms with E-state index in [1.807, 2.05) is 20.8 Å². The minimum atomic E-state index is -0.732. The number of hydrogen-bond acceptors (Lipinski definition) is 6. The zero-order chi connectivity index (χ0) is 24.6. The molecule has 6 atom stereocenters. The van der Waals surface area contributed by atoms with E-state index < -0.39 is 28.2 Å². The Morgan fingerprint density at radius 2 is 2.03 bits per heavy atom. The average Bonchev–Trinajstić information content (AvgIpc) is 3.32. The lowest BCUT2D eigenvalue weighted by molar-refractivity contribution is -0.154. The topological polar surface area (TPSA) is 87.1 Å². The van der Waals surface area contributed by atoms with Gasteiger partial charge < -0.3 is 19.6 Å². The van der Waals surface area contributed by atoms with Crippen LogP contribution in [0.3, 0.4) is 0 Å². The maximum absolute atomic E-state index is 14.1. The van der Waals surface area contributed by atoms with Gasteiger partial charge in [0.05, 0.1) is 29.8 Å². The number of aliphatic hydroxyl groups is 1. The van der Waals surface area contributed by atoms with Gasteiger partial charge >= 0.3 is 5.97 Å². The second-order valence-corrected chi connectivity index (χ2v) is 11.9. The largest absolute Gasteiger partial charge is 0.465 e. The Hall–Kier alpha value is -1.80. The maximum Gasteiger partial charge on any atom is 0.310 e. The molecule has 0 radical (unpaired) electrons. The first-order valence-corrected chi connectivity index (χ1v) is 12.7. The van der Waals surface area contributed by atoms with Gasteiger partial charge in [-0.3, -0.25) is 14.4 Å². The molecule has 2 bridgehead atoms. The van der Waals surface area contributed by atoms with E-state index in [0.717, 1.165) is 12.8 Å². The van der Waals surface area contributed by atoms with Gasteiger partial charge in [0.1, 0.15) is 6.04 Å². The summed E-state index contributed by atoms with van der Waals surface area (Å²) in [5.74, 6) is -1.82. The minimum Gasteiger partial charge on any atom is -0.465 e. The number of rotatable bonds is 10. The van der Waals surface area contributed by atoms with Crippen LogP contribution in [-0.4, -0.2) is 80.6 Å². The molecule has 3 heterocycles. The molecule has 1 N–H and O–H groups in total. The second-order valence-electron chi connectivity index (χ2n) is 10.3. The van der Waals surface area contributed by atoms with Crippen LogP contribution in [-0.2, 0) is 19.1 Å². The van der Waals surface area contributed by atoms with Crippen molar-refractivity contribution in [2.75, 3.05) is 26.3 Å². The van der Waals surface area contributed by atoms with Crippen molar-refractivity contribution in [2.45, 2.75) is 68.5 Å². The zero-order valence-corrected chi connectivity index (χ0v) is 21.1. The zero-order valence-electron chi connectivity index (χ0n) is 20.3. The molecule has 0 aromatic rings. The van der Waals surface area contributed by atoms with E-state index in [1.54, 1.807) is 28.8 Å². The number of amides is 2. The van der Waals surface area contributed by atoms with E-state index in [1.165, 1.54) is 4.90 Å². The first-order valence-electron chi connectivity index (χ1n) is 11.8. The Bertz CT molecular complexity index is 809. The first kappa shape index (κ1) is 25.8. The van der Waals surface area contributed by atoms with Gasteiger partial charge in [0.2, 0.25) is 11.8 Å². The van der Waals surface area contributed by atoms with Gasteiger partial charge in [0.25, 0.3) is 0 Å². The van der Waals surface area contributed by atoms with Crippen LogP contribution in [0.25, 0.3) is 0 Å². The Balaban J connectivity index is 1.99. The van der Waals surface area contributed by atoms with Crippen molar-refractivity contribution in [1.29, 1.82) is 0 Å². The number of allylic oxidation sites excluding steroid dienone is 1. The Kier molecular flexibility index (Phi) is 7.68. The number of aliphatic hydroxyl groups excluding tert-OH is 1. The Morgan fingerprint density at radius 1 is 1.33 bits per heavy atom. The molecule has 8 heteroatoms. The molecular weight excluding hydrogens is 440 g/mol. The number of ether oxygens (including phenoxy) is 1. The summed E-state index contributed by atoms with van der Waals surface area (Å²) in [7, 11) is 0. The van der Waals surface area contributed by atoms with Crippen LogP contribution in [0.2, 0.25) is 0 Å². The van der Waals surface area contributed by atoms with Crippen LogP contribution >= 0.6 is 11.8 Å². The lowest BCUT2D eigenvalue weighted by Gasteiger charge is -2.43. The summed E-state index contributed by atoms with van der Waals surface area (Å²) in [6, 6.07) is -0.732. The molecule has 3 fully saturated rings. The Labute approximate surface area is 201 Å². The number of hydrogen-bond donors (Lipinski definition) is 1. The summed E-state index contributed by atoms with van der Waals surface area (Å²) in [6.07, 6.45) is 5.68. The number of esters is 1. The van der Waals surface area contributed by atoms with Gasteiger partial charge in [-0.25, -0.2) is 0 Å². The van der Waals surface area contributed by atoms with Gasteiger partial charge in [0, 0.05) is 23.9 Å². The van der Waals surface area contributed by atoms with Crippen molar-refractivity contribution in [3.63, 3.8) is 0 Å². The van der Waals surface area contributed by atoms with E-state index in [2.05, 4.69) is 20.1 Å². The van der Waals surface area contributed by atoms with Crippen LogP contribution < -0.4 is 0 Å². The molecule has 2 amide bonds. The van der Waals surface area contributed by atoms with Crippen molar-refractivity contribution in [2.24, 2.45) is 17.8 Å². The quantitative estimate of drug-likeness (QED) is 0.295. The van der Waals surface area contributed by atoms with Crippen molar-refractivity contribution < 1.29 is 24.2 Å². The third kappa shape index (κ3) is 4.25. The highest BCUT2D eigenvalue weighted by Crippen LogP contribution is 2.68. The predicted molar refractivity (Wildman–Crippen MR) is 130 cm³/mol. The van der Waals surface area contributed by atoms with Gasteiger partial charge in [0.15, 0.2) is 0 Å². The molecule has 0 aromatic heterocycles. The van der Waals surface area contributed by atoms with Crippen LogP contribution in [0.15, 0.2) is 25.3 Å². The number of nitrogens with zero attached hydrogens (tertiary/aromatic N) is 2. The van der Waals surface area contributed by atoms with Crippen molar-refractivity contribution >= 4 is 29.5 Å². The number of fused-ring (bicyclic) bond motifs is 1. The van der Waals surface area contributed by atoms with Crippen LogP contribution in [0.1, 0.15) is 47.0 Å². The normalized spacial score (nSPS) is 32.6. The molecule has 1 spiro atoms. The fraction of sp³-hybridized carbons (Fsp3) is 0.720. The molecule has 0 aromatic carbocycles. The average molecular weight is 479 g/mol. The van der Waals surface area contributed by atoms with Gasteiger partial charge in [-0.2, -0.15) is 0 Å². The van der Waals surface area contributed by atoms with Gasteiger partial charge in [-0.05, 0) is 46.0 Å². The molecular formula is C25H38N2O5S. The predicted octanol–water partition coefficient (Wildman–Crippen LogP) is 2.64. The molecule has 0 saturated carbocycles. The summed E-state index contributed by atoms with van der Waals surface area (Å²) in [4.78, 5) is 44.2. The molecule has 0 aliphatic carbocycles. The number of unbranched alkanes of at least 4 members (excludes halogenated alkanes) is 1.